The first-order chi connectivity index (χ1) is 9.23. The Kier molecular flexibility index (Phi) is 5.77. The lowest BCUT2D eigenvalue weighted by molar-refractivity contribution is 0.0902. The molecule has 1 aromatic rings. The van der Waals surface area contributed by atoms with Gasteiger partial charge in [-0.2, -0.15) is 0 Å². The number of amides is 1. The summed E-state index contributed by atoms with van der Waals surface area (Å²) in [6.45, 7) is 6.22. The maximum Gasteiger partial charge on any atom is 0.251 e. The molecule has 0 saturated heterocycles. The number of aromatic nitrogens is 1. The molecule has 0 aliphatic rings. The molecule has 1 amide bonds. The van der Waals surface area contributed by atoms with E-state index in [2.05, 4.69) is 15.6 Å². The van der Waals surface area contributed by atoms with Gasteiger partial charge >= 0.3 is 0 Å². The van der Waals surface area contributed by atoms with Crippen LogP contribution in [0, 0.1) is 5.41 Å². The van der Waals surface area contributed by atoms with Gasteiger partial charge in [-0.1, -0.05) is 25.4 Å². The van der Waals surface area contributed by atoms with Gasteiger partial charge in [0.15, 0.2) is 0 Å². The molecule has 5 nitrogen and oxygen atoms in total. The quantitative estimate of drug-likeness (QED) is 0.705. The molecule has 0 fully saturated rings. The molecule has 3 N–H and O–H groups in total. The van der Waals surface area contributed by atoms with Crippen molar-refractivity contribution >= 4 is 23.3 Å². The number of hydrogen-bond acceptors (Lipinski definition) is 4. The summed E-state index contributed by atoms with van der Waals surface area (Å²) in [6, 6.07) is 3.17. The van der Waals surface area contributed by atoms with Crippen molar-refractivity contribution in [1.82, 2.24) is 10.3 Å². The average molecular weight is 300 g/mol. The molecule has 20 heavy (non-hydrogen) atoms. The standard InChI is InChI=1S/C14H22ClN3O2/c1-9(19)7-14(2,3)8-17-13(20)10-5-11(15)18-12(6-10)16-4/h5-6,9,19H,7-8H2,1-4H3,(H,16,18)(H,17,20). The Hall–Kier alpha value is -1.33. The molecule has 0 aromatic carbocycles. The minimum Gasteiger partial charge on any atom is -0.393 e. The van der Waals surface area contributed by atoms with Gasteiger partial charge in [-0.15, -0.1) is 0 Å². The molecule has 1 aromatic heterocycles. The molecular weight excluding hydrogens is 278 g/mol. The van der Waals surface area contributed by atoms with Gasteiger partial charge in [0.05, 0.1) is 6.10 Å². The predicted octanol–water partition coefficient (Wildman–Crippen LogP) is 2.30. The number of anilines is 1. The zero-order valence-corrected chi connectivity index (χ0v) is 13.1. The molecular formula is C14H22ClN3O2. The van der Waals surface area contributed by atoms with Crippen LogP contribution in [0.5, 0.6) is 0 Å². The van der Waals surface area contributed by atoms with E-state index in [4.69, 9.17) is 11.6 Å². The molecule has 0 spiro atoms. The summed E-state index contributed by atoms with van der Waals surface area (Å²) in [6.07, 6.45) is 0.222. The molecule has 1 unspecified atom stereocenters. The van der Waals surface area contributed by atoms with Crippen LogP contribution in [0.25, 0.3) is 0 Å². The van der Waals surface area contributed by atoms with E-state index in [1.54, 1.807) is 20.0 Å². The number of aliphatic hydroxyl groups excluding tert-OH is 1. The Morgan fingerprint density at radius 1 is 1.50 bits per heavy atom. The number of rotatable bonds is 6. The molecule has 0 aliphatic heterocycles. The maximum absolute atomic E-state index is 12.1. The minimum absolute atomic E-state index is 0.174. The van der Waals surface area contributed by atoms with Crippen molar-refractivity contribution in [3.05, 3.63) is 22.8 Å². The molecule has 112 valence electrons. The Balaban J connectivity index is 2.70. The number of hydrogen-bond donors (Lipinski definition) is 3. The number of aliphatic hydroxyl groups is 1. The Labute approximate surface area is 124 Å². The fourth-order valence-electron chi connectivity index (χ4n) is 2.05. The third-order valence-corrected chi connectivity index (χ3v) is 3.08. The third-order valence-electron chi connectivity index (χ3n) is 2.89. The minimum atomic E-state index is -0.395. The van der Waals surface area contributed by atoms with E-state index < -0.39 is 6.10 Å². The lowest BCUT2D eigenvalue weighted by Gasteiger charge is -2.26. The first kappa shape index (κ1) is 16.7. The van der Waals surface area contributed by atoms with Gasteiger partial charge in [0.25, 0.3) is 5.91 Å². The van der Waals surface area contributed by atoms with Crippen molar-refractivity contribution in [3.63, 3.8) is 0 Å². The summed E-state index contributed by atoms with van der Waals surface area (Å²) < 4.78 is 0. The van der Waals surface area contributed by atoms with Crippen LogP contribution in [0.3, 0.4) is 0 Å². The topological polar surface area (TPSA) is 74.2 Å². The van der Waals surface area contributed by atoms with Crippen LogP contribution in [-0.4, -0.2) is 35.7 Å². The van der Waals surface area contributed by atoms with Gasteiger partial charge in [0.2, 0.25) is 0 Å². The molecule has 0 bridgehead atoms. The highest BCUT2D eigenvalue weighted by Gasteiger charge is 2.21. The lowest BCUT2D eigenvalue weighted by Crippen LogP contribution is -2.35. The molecule has 0 saturated carbocycles. The maximum atomic E-state index is 12.1. The molecule has 1 heterocycles. The van der Waals surface area contributed by atoms with E-state index in [0.717, 1.165) is 0 Å². The van der Waals surface area contributed by atoms with E-state index in [9.17, 15) is 9.90 Å². The monoisotopic (exact) mass is 299 g/mol. The number of halogens is 1. The van der Waals surface area contributed by atoms with Crippen molar-refractivity contribution in [2.75, 3.05) is 18.9 Å². The van der Waals surface area contributed by atoms with Gasteiger partial charge < -0.3 is 15.7 Å². The van der Waals surface area contributed by atoms with Crippen LogP contribution in [0.4, 0.5) is 5.82 Å². The fraction of sp³-hybridized carbons (Fsp3) is 0.571. The van der Waals surface area contributed by atoms with Crippen molar-refractivity contribution in [3.8, 4) is 0 Å². The number of nitrogens with one attached hydrogen (secondary N) is 2. The smallest absolute Gasteiger partial charge is 0.251 e. The van der Waals surface area contributed by atoms with Crippen molar-refractivity contribution in [1.29, 1.82) is 0 Å². The van der Waals surface area contributed by atoms with Crippen LogP contribution in [0.15, 0.2) is 12.1 Å². The van der Waals surface area contributed by atoms with Crippen LogP contribution in [0.1, 0.15) is 37.6 Å². The van der Waals surface area contributed by atoms with Crippen LogP contribution < -0.4 is 10.6 Å². The Morgan fingerprint density at radius 3 is 2.70 bits per heavy atom. The zero-order valence-electron chi connectivity index (χ0n) is 12.3. The van der Waals surface area contributed by atoms with Gasteiger partial charge in [0, 0.05) is 19.2 Å². The third kappa shape index (κ3) is 5.35. The number of pyridine rings is 1. The lowest BCUT2D eigenvalue weighted by atomic mass is 9.87. The summed E-state index contributed by atoms with van der Waals surface area (Å²) >= 11 is 5.87. The Bertz CT molecular complexity index is 475. The summed E-state index contributed by atoms with van der Waals surface area (Å²) in [5.41, 5.74) is 0.286. The molecule has 0 aliphatic carbocycles. The van der Waals surface area contributed by atoms with Gasteiger partial charge in [0.1, 0.15) is 11.0 Å². The second kappa shape index (κ2) is 6.90. The summed E-state index contributed by atoms with van der Waals surface area (Å²) in [7, 11) is 1.71. The van der Waals surface area contributed by atoms with Crippen molar-refractivity contribution < 1.29 is 9.90 Å². The highest BCUT2D eigenvalue weighted by atomic mass is 35.5. The number of carbonyl (C=O) groups excluding carboxylic acids is 1. The van der Waals surface area contributed by atoms with Gasteiger partial charge in [-0.05, 0) is 30.9 Å². The van der Waals surface area contributed by atoms with E-state index in [0.29, 0.717) is 24.3 Å². The van der Waals surface area contributed by atoms with Gasteiger partial charge in [-0.25, -0.2) is 4.98 Å². The van der Waals surface area contributed by atoms with Crippen molar-refractivity contribution in [2.24, 2.45) is 5.41 Å². The second-order valence-electron chi connectivity index (χ2n) is 5.71. The molecule has 6 heteroatoms. The summed E-state index contributed by atoms with van der Waals surface area (Å²) in [5.74, 6) is 0.343. The number of nitrogens with zero attached hydrogens (tertiary/aromatic N) is 1. The first-order valence-corrected chi connectivity index (χ1v) is 6.93. The number of carbonyl (C=O) groups is 1. The highest BCUT2D eigenvalue weighted by molar-refractivity contribution is 6.29. The first-order valence-electron chi connectivity index (χ1n) is 6.55. The predicted molar refractivity (Wildman–Crippen MR) is 81.2 cm³/mol. The van der Waals surface area contributed by atoms with Gasteiger partial charge in [-0.3, -0.25) is 4.79 Å². The normalized spacial score (nSPS) is 12.9. The Morgan fingerprint density at radius 2 is 2.15 bits per heavy atom. The largest absolute Gasteiger partial charge is 0.393 e. The zero-order chi connectivity index (χ0) is 15.3. The highest BCUT2D eigenvalue weighted by Crippen LogP contribution is 2.21. The molecule has 1 rings (SSSR count). The van der Waals surface area contributed by atoms with E-state index in [1.807, 2.05) is 13.8 Å². The molecule has 0 radical (unpaired) electrons. The van der Waals surface area contributed by atoms with E-state index in [1.165, 1.54) is 6.07 Å². The van der Waals surface area contributed by atoms with Crippen LogP contribution in [-0.2, 0) is 0 Å². The van der Waals surface area contributed by atoms with Crippen LogP contribution >= 0.6 is 11.6 Å². The summed E-state index contributed by atoms with van der Waals surface area (Å²) in [4.78, 5) is 16.1. The second-order valence-corrected chi connectivity index (χ2v) is 6.10. The van der Waals surface area contributed by atoms with Crippen LogP contribution in [0.2, 0.25) is 5.15 Å². The van der Waals surface area contributed by atoms with Crippen molar-refractivity contribution in [2.45, 2.75) is 33.3 Å². The van der Waals surface area contributed by atoms with E-state index in [-0.39, 0.29) is 16.5 Å². The average Bonchev–Trinajstić information content (AvgIpc) is 2.33. The SMILES string of the molecule is CNc1cc(C(=O)NCC(C)(C)CC(C)O)cc(Cl)n1. The summed E-state index contributed by atoms with van der Waals surface area (Å²) in [5, 5.41) is 15.4. The fourth-order valence-corrected chi connectivity index (χ4v) is 2.26. The molecule has 1 atom stereocenters. The van der Waals surface area contributed by atoms with E-state index >= 15 is 0 Å².